The molecule has 0 bridgehead atoms. The molecule has 2 N–H and O–H groups in total. The van der Waals surface area contributed by atoms with Gasteiger partial charge in [-0.3, -0.25) is 4.79 Å². The number of carbonyl (C=O) groups excluding carboxylic acids is 1. The van der Waals surface area contributed by atoms with Crippen molar-refractivity contribution < 1.29 is 9.53 Å². The van der Waals surface area contributed by atoms with Gasteiger partial charge in [0.1, 0.15) is 6.04 Å². The van der Waals surface area contributed by atoms with E-state index in [9.17, 15) is 4.79 Å². The number of hydrogen-bond donors (Lipinski definition) is 2. The lowest BCUT2D eigenvalue weighted by atomic mass is 9.94. The van der Waals surface area contributed by atoms with Crippen molar-refractivity contribution in [1.82, 2.24) is 10.6 Å². The van der Waals surface area contributed by atoms with Crippen LogP contribution in [0.25, 0.3) is 0 Å². The minimum absolute atomic E-state index is 0.0759. The number of fused-ring (bicyclic) bond motifs is 1. The molecule has 1 heterocycles. The first-order valence-electron chi connectivity index (χ1n) is 7.89. The second-order valence-electron chi connectivity index (χ2n) is 5.75. The summed E-state index contributed by atoms with van der Waals surface area (Å²) in [5.74, 6) is 0.0759. The molecule has 0 spiro atoms. The van der Waals surface area contributed by atoms with Gasteiger partial charge in [0.25, 0.3) is 0 Å². The van der Waals surface area contributed by atoms with E-state index in [1.807, 2.05) is 32.0 Å². The lowest BCUT2D eigenvalue weighted by Gasteiger charge is -2.26. The summed E-state index contributed by atoms with van der Waals surface area (Å²) in [5.41, 5.74) is 2.39. The first-order chi connectivity index (χ1) is 10.2. The van der Waals surface area contributed by atoms with Crippen molar-refractivity contribution in [1.29, 1.82) is 0 Å². The number of amides is 1. The second-order valence-corrected chi connectivity index (χ2v) is 5.75. The molecular formula is C17H26N2O2. The van der Waals surface area contributed by atoms with Gasteiger partial charge in [-0.25, -0.2) is 0 Å². The maximum absolute atomic E-state index is 12.3. The topological polar surface area (TPSA) is 50.4 Å². The van der Waals surface area contributed by atoms with Gasteiger partial charge < -0.3 is 15.4 Å². The third-order valence-corrected chi connectivity index (χ3v) is 3.69. The molecule has 4 heteroatoms. The van der Waals surface area contributed by atoms with Gasteiger partial charge in [-0.2, -0.15) is 0 Å². The Hall–Kier alpha value is -1.39. The summed E-state index contributed by atoms with van der Waals surface area (Å²) in [5, 5.41) is 6.33. The standard InChI is InChI=1S/C17H26N2O2/c1-13(2)21-12-6-5-10-19-17(20)16-15-8-4-3-7-14(15)9-11-18-16/h3-4,7-8,13,16,18H,5-6,9-12H2,1-2H3,(H,19,20). The van der Waals surface area contributed by atoms with Crippen molar-refractivity contribution in [3.63, 3.8) is 0 Å². The van der Waals surface area contributed by atoms with Gasteiger partial charge >= 0.3 is 0 Å². The van der Waals surface area contributed by atoms with E-state index in [0.717, 1.165) is 38.0 Å². The monoisotopic (exact) mass is 290 g/mol. The molecule has 1 aromatic carbocycles. The van der Waals surface area contributed by atoms with Gasteiger partial charge in [0.2, 0.25) is 5.91 Å². The van der Waals surface area contributed by atoms with Crippen molar-refractivity contribution in [2.24, 2.45) is 0 Å². The third-order valence-electron chi connectivity index (χ3n) is 3.69. The Labute approximate surface area is 127 Å². The van der Waals surface area contributed by atoms with Gasteiger partial charge in [0.05, 0.1) is 6.10 Å². The molecule has 116 valence electrons. The van der Waals surface area contributed by atoms with Crippen molar-refractivity contribution in [2.45, 2.75) is 45.3 Å². The highest BCUT2D eigenvalue weighted by molar-refractivity contribution is 5.83. The third kappa shape index (κ3) is 4.83. The summed E-state index contributed by atoms with van der Waals surface area (Å²) in [6, 6.07) is 7.98. The molecule has 4 nitrogen and oxygen atoms in total. The van der Waals surface area contributed by atoms with Crippen LogP contribution in [0.15, 0.2) is 24.3 Å². The van der Waals surface area contributed by atoms with E-state index in [0.29, 0.717) is 6.54 Å². The molecule has 1 aliphatic rings. The maximum atomic E-state index is 12.3. The van der Waals surface area contributed by atoms with Gasteiger partial charge in [-0.05, 0) is 44.2 Å². The van der Waals surface area contributed by atoms with E-state index < -0.39 is 0 Å². The van der Waals surface area contributed by atoms with Crippen LogP contribution >= 0.6 is 0 Å². The predicted octanol–water partition coefficient (Wildman–Crippen LogP) is 2.19. The zero-order chi connectivity index (χ0) is 15.1. The van der Waals surface area contributed by atoms with E-state index in [4.69, 9.17) is 4.74 Å². The van der Waals surface area contributed by atoms with E-state index >= 15 is 0 Å². The van der Waals surface area contributed by atoms with Crippen molar-refractivity contribution in [2.75, 3.05) is 19.7 Å². The molecule has 0 radical (unpaired) electrons. The summed E-state index contributed by atoms with van der Waals surface area (Å²) >= 11 is 0. The fourth-order valence-electron chi connectivity index (χ4n) is 2.60. The van der Waals surface area contributed by atoms with Gasteiger partial charge in [0, 0.05) is 19.7 Å². The summed E-state index contributed by atoms with van der Waals surface area (Å²) < 4.78 is 5.49. The molecule has 1 aliphatic heterocycles. The largest absolute Gasteiger partial charge is 0.379 e. The Kier molecular flexibility index (Phi) is 6.21. The molecule has 21 heavy (non-hydrogen) atoms. The number of benzene rings is 1. The molecule has 1 unspecified atom stereocenters. The van der Waals surface area contributed by atoms with Crippen molar-refractivity contribution in [3.05, 3.63) is 35.4 Å². The molecule has 0 fully saturated rings. The lowest BCUT2D eigenvalue weighted by Crippen LogP contribution is -2.41. The maximum Gasteiger partial charge on any atom is 0.241 e. The molecule has 2 rings (SSSR count). The highest BCUT2D eigenvalue weighted by Crippen LogP contribution is 2.22. The highest BCUT2D eigenvalue weighted by Gasteiger charge is 2.25. The van der Waals surface area contributed by atoms with Crippen LogP contribution in [0, 0.1) is 0 Å². The molecule has 0 aromatic heterocycles. The molecule has 0 aliphatic carbocycles. The minimum atomic E-state index is -0.207. The molecule has 1 amide bonds. The Balaban J connectivity index is 1.74. The van der Waals surface area contributed by atoms with Gasteiger partial charge in [0.15, 0.2) is 0 Å². The van der Waals surface area contributed by atoms with Crippen LogP contribution < -0.4 is 10.6 Å². The summed E-state index contributed by atoms with van der Waals surface area (Å²) in [4.78, 5) is 12.3. The van der Waals surface area contributed by atoms with Crippen LogP contribution in [0.2, 0.25) is 0 Å². The van der Waals surface area contributed by atoms with Crippen LogP contribution in [0.3, 0.4) is 0 Å². The number of ether oxygens (including phenoxy) is 1. The molecular weight excluding hydrogens is 264 g/mol. The number of carbonyl (C=O) groups is 1. The number of nitrogens with one attached hydrogen (secondary N) is 2. The highest BCUT2D eigenvalue weighted by atomic mass is 16.5. The van der Waals surface area contributed by atoms with Crippen LogP contribution in [-0.4, -0.2) is 31.7 Å². The SMILES string of the molecule is CC(C)OCCCCNC(=O)C1NCCc2ccccc21. The zero-order valence-corrected chi connectivity index (χ0v) is 13.0. The van der Waals surface area contributed by atoms with Gasteiger partial charge in [-0.1, -0.05) is 24.3 Å². The van der Waals surface area contributed by atoms with Crippen LogP contribution in [0.5, 0.6) is 0 Å². The Morgan fingerprint density at radius 1 is 1.38 bits per heavy atom. The summed E-state index contributed by atoms with van der Waals surface area (Å²) in [6.45, 7) is 6.40. The molecule has 0 saturated heterocycles. The fraction of sp³-hybridized carbons (Fsp3) is 0.588. The lowest BCUT2D eigenvalue weighted by molar-refractivity contribution is -0.123. The van der Waals surface area contributed by atoms with E-state index in [-0.39, 0.29) is 18.1 Å². The van der Waals surface area contributed by atoms with Crippen LogP contribution in [0.4, 0.5) is 0 Å². The normalized spacial score (nSPS) is 17.6. The average Bonchev–Trinajstić information content (AvgIpc) is 2.49. The second kappa shape index (κ2) is 8.15. The predicted molar refractivity (Wildman–Crippen MR) is 84.2 cm³/mol. The summed E-state index contributed by atoms with van der Waals surface area (Å²) in [6.07, 6.45) is 3.20. The van der Waals surface area contributed by atoms with E-state index in [1.165, 1.54) is 5.56 Å². The molecule has 1 atom stereocenters. The Morgan fingerprint density at radius 3 is 3.00 bits per heavy atom. The molecule has 0 saturated carbocycles. The molecule has 1 aromatic rings. The van der Waals surface area contributed by atoms with Gasteiger partial charge in [-0.15, -0.1) is 0 Å². The average molecular weight is 290 g/mol. The number of rotatable bonds is 7. The summed E-state index contributed by atoms with van der Waals surface area (Å²) in [7, 11) is 0. The van der Waals surface area contributed by atoms with E-state index in [2.05, 4.69) is 16.7 Å². The Morgan fingerprint density at radius 2 is 2.19 bits per heavy atom. The Bertz CT molecular complexity index is 460. The smallest absolute Gasteiger partial charge is 0.241 e. The van der Waals surface area contributed by atoms with Crippen LogP contribution in [-0.2, 0) is 16.0 Å². The number of unbranched alkanes of at least 4 members (excludes halogenated alkanes) is 1. The van der Waals surface area contributed by atoms with Crippen LogP contribution in [0.1, 0.15) is 43.9 Å². The quantitative estimate of drug-likeness (QED) is 0.757. The zero-order valence-electron chi connectivity index (χ0n) is 13.0. The first kappa shape index (κ1) is 16.0. The van der Waals surface area contributed by atoms with E-state index in [1.54, 1.807) is 0 Å². The first-order valence-corrected chi connectivity index (χ1v) is 7.89. The van der Waals surface area contributed by atoms with Crippen molar-refractivity contribution >= 4 is 5.91 Å². The van der Waals surface area contributed by atoms with Crippen molar-refractivity contribution in [3.8, 4) is 0 Å². The minimum Gasteiger partial charge on any atom is -0.379 e. The fourth-order valence-corrected chi connectivity index (χ4v) is 2.60. The number of hydrogen-bond acceptors (Lipinski definition) is 3.